The number of carbonyl (C=O) groups excluding carboxylic acids is 4. The molecule has 2 aliphatic rings. The highest BCUT2D eigenvalue weighted by Gasteiger charge is 2.36. The molecular weight excluding hydrogens is 350 g/mol. The van der Waals surface area contributed by atoms with E-state index in [2.05, 4.69) is 10.6 Å². The van der Waals surface area contributed by atoms with Crippen LogP contribution in [0.25, 0.3) is 0 Å². The molecule has 2 N–H and O–H groups in total. The molecule has 27 heavy (non-hydrogen) atoms. The molecule has 0 aliphatic carbocycles. The summed E-state index contributed by atoms with van der Waals surface area (Å²) in [5.74, 6) is -1.30. The molecule has 0 spiro atoms. The van der Waals surface area contributed by atoms with Crippen LogP contribution in [-0.2, 0) is 9.59 Å². The van der Waals surface area contributed by atoms with Gasteiger partial charge in [-0.2, -0.15) is 0 Å². The summed E-state index contributed by atoms with van der Waals surface area (Å²) < 4.78 is 5.45. The van der Waals surface area contributed by atoms with Crippen molar-refractivity contribution in [1.29, 1.82) is 0 Å². The molecule has 2 aromatic rings. The lowest BCUT2D eigenvalue weighted by atomic mass is 10.1. The predicted octanol–water partition coefficient (Wildman–Crippen LogP) is 1.64. The third-order valence-electron chi connectivity index (χ3n) is 4.37. The van der Waals surface area contributed by atoms with E-state index in [1.165, 1.54) is 0 Å². The molecule has 4 amide bonds. The molecule has 1 atom stereocenters. The number of carbonyl (C=O) groups is 4. The lowest BCUT2D eigenvalue weighted by molar-refractivity contribution is -0.122. The number of hydrogen-bond donors (Lipinski definition) is 2. The zero-order valence-electron chi connectivity index (χ0n) is 14.3. The number of nitrogens with one attached hydrogen (secondary N) is 2. The second kappa shape index (κ2) is 6.24. The van der Waals surface area contributed by atoms with Gasteiger partial charge in [-0.05, 0) is 37.3 Å². The van der Waals surface area contributed by atoms with Crippen LogP contribution in [0.5, 0.6) is 5.75 Å². The van der Waals surface area contributed by atoms with Gasteiger partial charge in [-0.15, -0.1) is 0 Å². The molecular formula is C19H15N3O5. The number of nitrogens with zero attached hydrogens (tertiary/aromatic N) is 1. The molecule has 1 unspecified atom stereocenters. The summed E-state index contributed by atoms with van der Waals surface area (Å²) in [7, 11) is 0. The number of anilines is 2. The highest BCUT2D eigenvalue weighted by atomic mass is 16.5. The number of fused-ring (bicyclic) bond motifs is 2. The number of ether oxygens (including phenoxy) is 1. The van der Waals surface area contributed by atoms with E-state index in [0.717, 1.165) is 4.90 Å². The minimum Gasteiger partial charge on any atom is -0.479 e. The number of benzene rings is 2. The van der Waals surface area contributed by atoms with Gasteiger partial charge in [-0.3, -0.25) is 24.1 Å². The third-order valence-corrected chi connectivity index (χ3v) is 4.37. The van der Waals surface area contributed by atoms with Crippen LogP contribution in [-0.4, -0.2) is 41.2 Å². The Morgan fingerprint density at radius 2 is 1.78 bits per heavy atom. The van der Waals surface area contributed by atoms with Crippen LogP contribution >= 0.6 is 0 Å². The van der Waals surface area contributed by atoms with Crippen molar-refractivity contribution in [2.45, 2.75) is 13.0 Å². The highest BCUT2D eigenvalue weighted by molar-refractivity contribution is 6.22. The number of hydrogen-bond acceptors (Lipinski definition) is 5. The van der Waals surface area contributed by atoms with E-state index in [4.69, 9.17) is 4.74 Å². The molecule has 0 saturated carbocycles. The minimum atomic E-state index is -0.591. The van der Waals surface area contributed by atoms with Gasteiger partial charge in [0.25, 0.3) is 17.7 Å². The summed E-state index contributed by atoms with van der Waals surface area (Å²) in [6.07, 6.45) is -0.591. The van der Waals surface area contributed by atoms with Gasteiger partial charge in [0, 0.05) is 5.69 Å². The van der Waals surface area contributed by atoms with E-state index in [-0.39, 0.29) is 17.0 Å². The first-order valence-corrected chi connectivity index (χ1v) is 8.30. The maximum atomic E-state index is 12.3. The standard InChI is InChI=1S/C19H15N3O5/c1-10-17(24)21-14-8-11(6-7-15(14)27-10)20-16(23)9-22-18(25)12-4-2-3-5-13(12)19(22)26/h2-8,10H,9H2,1H3,(H,20,23)(H,21,24). The SMILES string of the molecule is CC1Oc2ccc(NC(=O)CN3C(=O)c4ccccc4C3=O)cc2NC1=O. The molecule has 0 aromatic heterocycles. The molecule has 8 heteroatoms. The van der Waals surface area contributed by atoms with Crippen molar-refractivity contribution in [1.82, 2.24) is 4.90 Å². The zero-order chi connectivity index (χ0) is 19.1. The van der Waals surface area contributed by atoms with Gasteiger partial charge in [-0.25, -0.2) is 0 Å². The van der Waals surface area contributed by atoms with Crippen LogP contribution in [0, 0.1) is 0 Å². The Balaban J connectivity index is 1.47. The minimum absolute atomic E-state index is 0.281. The molecule has 0 fully saturated rings. The van der Waals surface area contributed by atoms with Crippen molar-refractivity contribution in [3.63, 3.8) is 0 Å². The topological polar surface area (TPSA) is 105 Å². The van der Waals surface area contributed by atoms with Crippen molar-refractivity contribution < 1.29 is 23.9 Å². The van der Waals surface area contributed by atoms with Gasteiger partial charge in [0.2, 0.25) is 5.91 Å². The summed E-state index contributed by atoms with van der Waals surface area (Å²) in [4.78, 5) is 49.6. The summed E-state index contributed by atoms with van der Waals surface area (Å²) >= 11 is 0. The first-order chi connectivity index (χ1) is 12.9. The van der Waals surface area contributed by atoms with Crippen LogP contribution in [0.2, 0.25) is 0 Å². The Kier molecular flexibility index (Phi) is 3.88. The molecule has 0 bridgehead atoms. The van der Waals surface area contributed by atoms with Crippen LogP contribution in [0.15, 0.2) is 42.5 Å². The molecule has 2 aromatic carbocycles. The molecule has 0 saturated heterocycles. The molecule has 8 nitrogen and oxygen atoms in total. The quantitative estimate of drug-likeness (QED) is 0.805. The van der Waals surface area contributed by atoms with Gasteiger partial charge < -0.3 is 15.4 Å². The van der Waals surface area contributed by atoms with Crippen molar-refractivity contribution in [3.05, 3.63) is 53.6 Å². The first kappa shape index (κ1) is 16.8. The van der Waals surface area contributed by atoms with Crippen LogP contribution in [0.1, 0.15) is 27.6 Å². The van der Waals surface area contributed by atoms with E-state index in [1.54, 1.807) is 49.4 Å². The third kappa shape index (κ3) is 2.91. The molecule has 136 valence electrons. The lowest BCUT2D eigenvalue weighted by Crippen LogP contribution is -2.37. The predicted molar refractivity (Wildman–Crippen MR) is 95.6 cm³/mol. The van der Waals surface area contributed by atoms with Crippen molar-refractivity contribution in [2.75, 3.05) is 17.2 Å². The average molecular weight is 365 g/mol. The molecule has 2 heterocycles. The van der Waals surface area contributed by atoms with Crippen molar-refractivity contribution in [2.24, 2.45) is 0 Å². The second-order valence-corrected chi connectivity index (χ2v) is 6.25. The number of rotatable bonds is 3. The average Bonchev–Trinajstić information content (AvgIpc) is 2.88. The van der Waals surface area contributed by atoms with Gasteiger partial charge >= 0.3 is 0 Å². The van der Waals surface area contributed by atoms with Gasteiger partial charge in [-0.1, -0.05) is 12.1 Å². The first-order valence-electron chi connectivity index (χ1n) is 8.30. The van der Waals surface area contributed by atoms with Gasteiger partial charge in [0.15, 0.2) is 6.10 Å². The number of imide groups is 1. The number of amides is 4. The maximum Gasteiger partial charge on any atom is 0.265 e. The molecule has 2 aliphatic heterocycles. The van der Waals surface area contributed by atoms with Crippen LogP contribution in [0.3, 0.4) is 0 Å². The Labute approximate surface area is 154 Å². The van der Waals surface area contributed by atoms with E-state index in [1.807, 2.05) is 0 Å². The van der Waals surface area contributed by atoms with Crippen LogP contribution in [0.4, 0.5) is 11.4 Å². The van der Waals surface area contributed by atoms with Gasteiger partial charge in [0.1, 0.15) is 12.3 Å². The highest BCUT2D eigenvalue weighted by Crippen LogP contribution is 2.32. The molecule has 4 rings (SSSR count). The smallest absolute Gasteiger partial charge is 0.265 e. The molecule has 0 radical (unpaired) electrons. The van der Waals surface area contributed by atoms with Crippen molar-refractivity contribution in [3.8, 4) is 5.75 Å². The Morgan fingerprint density at radius 3 is 2.44 bits per heavy atom. The Hall–Kier alpha value is -3.68. The Morgan fingerprint density at radius 1 is 1.11 bits per heavy atom. The maximum absolute atomic E-state index is 12.3. The Bertz CT molecular complexity index is 966. The van der Waals surface area contributed by atoms with E-state index >= 15 is 0 Å². The second-order valence-electron chi connectivity index (χ2n) is 6.25. The monoisotopic (exact) mass is 365 g/mol. The summed E-state index contributed by atoms with van der Waals surface area (Å²) in [6, 6.07) is 11.2. The zero-order valence-corrected chi connectivity index (χ0v) is 14.3. The fraction of sp³-hybridized carbons (Fsp3) is 0.158. The fourth-order valence-electron chi connectivity index (χ4n) is 3.01. The fourth-order valence-corrected chi connectivity index (χ4v) is 3.01. The van der Waals surface area contributed by atoms with Gasteiger partial charge in [0.05, 0.1) is 16.8 Å². The van der Waals surface area contributed by atoms with Crippen LogP contribution < -0.4 is 15.4 Å². The van der Waals surface area contributed by atoms with E-state index in [9.17, 15) is 19.2 Å². The largest absolute Gasteiger partial charge is 0.479 e. The normalized spacial score (nSPS) is 17.7. The summed E-state index contributed by atoms with van der Waals surface area (Å²) in [5, 5.41) is 5.31. The lowest BCUT2D eigenvalue weighted by Gasteiger charge is -2.23. The van der Waals surface area contributed by atoms with E-state index < -0.39 is 30.4 Å². The summed E-state index contributed by atoms with van der Waals surface area (Å²) in [5.41, 5.74) is 1.43. The van der Waals surface area contributed by atoms with Crippen molar-refractivity contribution >= 4 is 35.0 Å². The summed E-state index contributed by atoms with van der Waals surface area (Å²) in [6.45, 7) is 1.24. The van der Waals surface area contributed by atoms with E-state index in [0.29, 0.717) is 17.1 Å².